The summed E-state index contributed by atoms with van der Waals surface area (Å²) in [7, 11) is 4.24. The second-order valence-electron chi connectivity index (χ2n) is 8.25. The average Bonchev–Trinajstić information content (AvgIpc) is 3.30. The maximum Gasteiger partial charge on any atom is 0.255 e. The third-order valence-corrected chi connectivity index (χ3v) is 5.95. The lowest BCUT2D eigenvalue weighted by molar-refractivity contribution is 0.102. The molecule has 0 aliphatic carbocycles. The summed E-state index contributed by atoms with van der Waals surface area (Å²) in [5, 5.41) is 22.6. The van der Waals surface area contributed by atoms with Crippen LogP contribution in [0.4, 0.5) is 17.1 Å². The van der Waals surface area contributed by atoms with E-state index in [2.05, 4.69) is 41.3 Å². The van der Waals surface area contributed by atoms with Crippen molar-refractivity contribution in [2.24, 2.45) is 0 Å². The number of anilines is 3. The molecule has 32 heavy (non-hydrogen) atoms. The maximum atomic E-state index is 12.6. The largest absolute Gasteiger partial charge is 0.733 e. The highest BCUT2D eigenvalue weighted by Gasteiger charge is 2.23. The lowest BCUT2D eigenvalue weighted by Gasteiger charge is -2.22. The van der Waals surface area contributed by atoms with Crippen LogP contribution in [0.15, 0.2) is 72.8 Å². The number of benzene rings is 3. The van der Waals surface area contributed by atoms with E-state index in [0.717, 1.165) is 36.3 Å². The Balaban J connectivity index is 1.37. The number of carbonyl (C=O) groups is 1. The number of hydrogen-bond donors (Lipinski definition) is 2. The van der Waals surface area contributed by atoms with Gasteiger partial charge in [-0.3, -0.25) is 10.0 Å². The van der Waals surface area contributed by atoms with Crippen molar-refractivity contribution < 1.29 is 10.0 Å². The molecule has 2 N–H and O–H groups in total. The van der Waals surface area contributed by atoms with Crippen LogP contribution < -0.4 is 15.4 Å². The third-order valence-electron chi connectivity index (χ3n) is 5.95. The summed E-state index contributed by atoms with van der Waals surface area (Å²) in [5.74, 6) is -0.171. The standard InChI is InChI=1S/C25H27N4O3/c1-27(2)24-15-16-28(17-24)22-13-9-21(10-14-22)26-25(30)20-5-3-18(4-6-20)19-7-11-23(12-8-19)29(31)32/h3-14,24,31H,15-17H2,1-2H3,(H,26,30)/q-1. The van der Waals surface area contributed by atoms with Gasteiger partial charge in [-0.1, -0.05) is 24.3 Å². The summed E-state index contributed by atoms with van der Waals surface area (Å²) in [6, 6.07) is 22.4. The summed E-state index contributed by atoms with van der Waals surface area (Å²) in [6.45, 7) is 2.06. The molecule has 0 radical (unpaired) electrons. The summed E-state index contributed by atoms with van der Waals surface area (Å²) in [6.07, 6.45) is 1.16. The third kappa shape index (κ3) is 4.91. The normalized spacial score (nSPS) is 15.8. The summed E-state index contributed by atoms with van der Waals surface area (Å²) in [4.78, 5) is 17.3. The van der Waals surface area contributed by atoms with E-state index in [1.165, 1.54) is 17.8 Å². The first-order valence-electron chi connectivity index (χ1n) is 10.6. The van der Waals surface area contributed by atoms with Crippen molar-refractivity contribution in [1.29, 1.82) is 0 Å². The first kappa shape index (κ1) is 21.8. The molecule has 7 nitrogen and oxygen atoms in total. The Morgan fingerprint density at radius 2 is 1.56 bits per heavy atom. The topological polar surface area (TPSA) is 82.1 Å². The fourth-order valence-electron chi connectivity index (χ4n) is 3.95. The molecular weight excluding hydrogens is 404 g/mol. The molecule has 3 aromatic rings. The molecule has 1 saturated heterocycles. The van der Waals surface area contributed by atoms with Gasteiger partial charge in [0.25, 0.3) is 5.91 Å². The van der Waals surface area contributed by atoms with Crippen LogP contribution in [0.5, 0.6) is 0 Å². The second-order valence-corrected chi connectivity index (χ2v) is 8.25. The van der Waals surface area contributed by atoms with Crippen LogP contribution in [0, 0.1) is 5.21 Å². The van der Waals surface area contributed by atoms with Gasteiger partial charge in [0.2, 0.25) is 0 Å². The van der Waals surface area contributed by atoms with Gasteiger partial charge in [-0.05, 0) is 80.2 Å². The molecule has 1 aliphatic heterocycles. The highest BCUT2D eigenvalue weighted by atomic mass is 16.8. The van der Waals surface area contributed by atoms with Crippen LogP contribution in [0.3, 0.4) is 0 Å². The fourth-order valence-corrected chi connectivity index (χ4v) is 3.95. The van der Waals surface area contributed by atoms with E-state index in [1.54, 1.807) is 24.3 Å². The molecule has 1 amide bonds. The molecule has 7 heteroatoms. The van der Waals surface area contributed by atoms with Gasteiger partial charge in [0.1, 0.15) is 0 Å². The van der Waals surface area contributed by atoms with Crippen molar-refractivity contribution in [3.63, 3.8) is 0 Å². The lowest BCUT2D eigenvalue weighted by atomic mass is 10.0. The van der Waals surface area contributed by atoms with Gasteiger partial charge in [-0.25, -0.2) is 0 Å². The Bertz CT molecular complexity index is 1050. The Morgan fingerprint density at radius 3 is 2.09 bits per heavy atom. The molecule has 1 atom stereocenters. The Labute approximate surface area is 188 Å². The van der Waals surface area contributed by atoms with Crippen molar-refractivity contribution in [3.05, 3.63) is 83.6 Å². The average molecular weight is 432 g/mol. The highest BCUT2D eigenvalue weighted by Crippen LogP contribution is 2.25. The lowest BCUT2D eigenvalue weighted by Crippen LogP contribution is -2.31. The van der Waals surface area contributed by atoms with Gasteiger partial charge in [0, 0.05) is 36.1 Å². The molecule has 0 spiro atoms. The predicted molar refractivity (Wildman–Crippen MR) is 128 cm³/mol. The van der Waals surface area contributed by atoms with Gasteiger partial charge >= 0.3 is 0 Å². The van der Waals surface area contributed by atoms with Crippen LogP contribution in [-0.4, -0.2) is 49.2 Å². The Hall–Kier alpha value is -3.39. The zero-order valence-electron chi connectivity index (χ0n) is 18.2. The highest BCUT2D eigenvalue weighted by molar-refractivity contribution is 6.04. The molecule has 0 aromatic heterocycles. The van der Waals surface area contributed by atoms with E-state index in [0.29, 0.717) is 11.6 Å². The van der Waals surface area contributed by atoms with E-state index < -0.39 is 0 Å². The van der Waals surface area contributed by atoms with Gasteiger partial charge in [0.15, 0.2) is 0 Å². The molecular formula is C25H27N4O3-. The number of hydrogen-bond acceptors (Lipinski definition) is 6. The SMILES string of the molecule is CN(C)C1CCN(c2ccc(NC(=O)c3ccc(-c4ccc(N([O-])O)cc4)cc3)cc2)C1. The smallest absolute Gasteiger partial charge is 0.255 e. The zero-order valence-corrected chi connectivity index (χ0v) is 18.2. The van der Waals surface area contributed by atoms with Gasteiger partial charge in [-0.15, -0.1) is 0 Å². The van der Waals surface area contributed by atoms with Crippen LogP contribution in [0.1, 0.15) is 16.8 Å². The first-order chi connectivity index (χ1) is 15.4. The molecule has 4 rings (SSSR count). The van der Waals surface area contributed by atoms with Gasteiger partial charge in [-0.2, -0.15) is 0 Å². The molecule has 166 valence electrons. The van der Waals surface area contributed by atoms with Crippen LogP contribution in [-0.2, 0) is 0 Å². The Morgan fingerprint density at radius 1 is 0.969 bits per heavy atom. The monoisotopic (exact) mass is 431 g/mol. The minimum atomic E-state index is -0.171. The first-order valence-corrected chi connectivity index (χ1v) is 10.6. The van der Waals surface area contributed by atoms with Crippen LogP contribution in [0.25, 0.3) is 11.1 Å². The molecule has 1 heterocycles. The molecule has 1 unspecified atom stereocenters. The number of rotatable bonds is 6. The number of likely N-dealkylation sites (N-methyl/N-ethyl adjacent to an activating group) is 1. The summed E-state index contributed by atoms with van der Waals surface area (Å²) < 4.78 is 0. The van der Waals surface area contributed by atoms with Crippen LogP contribution in [0.2, 0.25) is 0 Å². The van der Waals surface area contributed by atoms with Crippen molar-refractivity contribution >= 4 is 23.0 Å². The van der Waals surface area contributed by atoms with E-state index in [4.69, 9.17) is 5.21 Å². The van der Waals surface area contributed by atoms with Crippen molar-refractivity contribution in [3.8, 4) is 11.1 Å². The minimum Gasteiger partial charge on any atom is -0.733 e. The summed E-state index contributed by atoms with van der Waals surface area (Å²) >= 11 is 0. The number of nitrogens with one attached hydrogen (secondary N) is 1. The molecule has 0 bridgehead atoms. The van der Waals surface area contributed by atoms with Gasteiger partial charge < -0.3 is 25.6 Å². The van der Waals surface area contributed by atoms with E-state index >= 15 is 0 Å². The number of carbonyl (C=O) groups excluding carboxylic acids is 1. The van der Waals surface area contributed by atoms with Crippen molar-refractivity contribution in [1.82, 2.24) is 4.90 Å². The molecule has 1 aliphatic rings. The van der Waals surface area contributed by atoms with E-state index in [9.17, 15) is 10.0 Å². The fraction of sp³-hybridized carbons (Fsp3) is 0.240. The van der Waals surface area contributed by atoms with Gasteiger partial charge in [0.05, 0.1) is 5.69 Å². The number of amides is 1. The quantitative estimate of drug-likeness (QED) is 0.562. The zero-order chi connectivity index (χ0) is 22.7. The maximum absolute atomic E-state index is 12.6. The van der Waals surface area contributed by atoms with Crippen LogP contribution >= 0.6 is 0 Å². The molecule has 3 aromatic carbocycles. The van der Waals surface area contributed by atoms with E-state index in [1.807, 2.05) is 24.3 Å². The molecule has 0 saturated carbocycles. The Kier molecular flexibility index (Phi) is 6.41. The van der Waals surface area contributed by atoms with Crippen molar-refractivity contribution in [2.75, 3.05) is 42.6 Å². The predicted octanol–water partition coefficient (Wildman–Crippen LogP) is 4.44. The second kappa shape index (κ2) is 9.40. The number of nitrogens with zero attached hydrogens (tertiary/aromatic N) is 3. The minimum absolute atomic E-state index is 0.165. The van der Waals surface area contributed by atoms with Crippen molar-refractivity contribution in [2.45, 2.75) is 12.5 Å². The van der Waals surface area contributed by atoms with E-state index in [-0.39, 0.29) is 16.8 Å². The molecule has 1 fully saturated rings. The summed E-state index contributed by atoms with van der Waals surface area (Å²) in [5.41, 5.74) is 4.45.